The molecule has 94 valence electrons. The van der Waals surface area contributed by atoms with E-state index >= 15 is 0 Å². The Kier molecular flexibility index (Phi) is 4.18. The van der Waals surface area contributed by atoms with Crippen molar-refractivity contribution in [3.05, 3.63) is 17.0 Å². The van der Waals surface area contributed by atoms with Crippen molar-refractivity contribution in [3.8, 4) is 0 Å². The Labute approximate surface area is 107 Å². The third-order valence-corrected chi connectivity index (χ3v) is 3.57. The van der Waals surface area contributed by atoms with E-state index in [2.05, 4.69) is 27.2 Å². The van der Waals surface area contributed by atoms with Gasteiger partial charge in [0.25, 0.3) is 0 Å². The zero-order chi connectivity index (χ0) is 12.3. The highest BCUT2D eigenvalue weighted by Crippen LogP contribution is 2.19. The molecule has 1 aliphatic rings. The molecule has 0 bridgehead atoms. The molecule has 1 saturated heterocycles. The Morgan fingerprint density at radius 1 is 1.53 bits per heavy atom. The maximum absolute atomic E-state index is 6.05. The Bertz CT molecular complexity index is 383. The summed E-state index contributed by atoms with van der Waals surface area (Å²) in [7, 11) is 2.18. The summed E-state index contributed by atoms with van der Waals surface area (Å²) in [6.07, 6.45) is 5.51. The second-order valence-corrected chi connectivity index (χ2v) is 5.03. The summed E-state index contributed by atoms with van der Waals surface area (Å²) in [5.74, 6) is 1.49. The quantitative estimate of drug-likeness (QED) is 0.899. The van der Waals surface area contributed by atoms with Crippen molar-refractivity contribution in [2.24, 2.45) is 0 Å². The van der Waals surface area contributed by atoms with Gasteiger partial charge >= 0.3 is 0 Å². The summed E-state index contributed by atoms with van der Waals surface area (Å²) in [5.41, 5.74) is 0. The van der Waals surface area contributed by atoms with Crippen LogP contribution >= 0.6 is 11.6 Å². The molecule has 5 heteroatoms. The number of halogens is 1. The lowest BCUT2D eigenvalue weighted by molar-refractivity contribution is 0.194. The minimum Gasteiger partial charge on any atom is -0.367 e. The maximum Gasteiger partial charge on any atom is 0.148 e. The molecule has 17 heavy (non-hydrogen) atoms. The van der Waals surface area contributed by atoms with Crippen LogP contribution in [-0.4, -0.2) is 41.0 Å². The van der Waals surface area contributed by atoms with Crippen LogP contribution in [0.1, 0.15) is 25.1 Å². The minimum absolute atomic E-state index is 0.579. The van der Waals surface area contributed by atoms with Crippen LogP contribution in [0.15, 0.2) is 6.20 Å². The van der Waals surface area contributed by atoms with Gasteiger partial charge in [0.2, 0.25) is 0 Å². The van der Waals surface area contributed by atoms with Crippen molar-refractivity contribution < 1.29 is 0 Å². The van der Waals surface area contributed by atoms with Crippen LogP contribution in [0.5, 0.6) is 0 Å². The number of aryl methyl sites for hydroxylation is 1. The molecule has 2 heterocycles. The highest BCUT2D eigenvalue weighted by atomic mass is 35.5. The summed E-state index contributed by atoms with van der Waals surface area (Å²) >= 11 is 6.05. The number of likely N-dealkylation sites (N-methyl/N-ethyl adjacent to an activating group) is 1. The van der Waals surface area contributed by atoms with Crippen molar-refractivity contribution in [1.29, 1.82) is 0 Å². The maximum atomic E-state index is 6.05. The zero-order valence-corrected chi connectivity index (χ0v) is 11.2. The van der Waals surface area contributed by atoms with Crippen molar-refractivity contribution in [1.82, 2.24) is 14.9 Å². The van der Waals surface area contributed by atoms with E-state index in [9.17, 15) is 0 Å². The van der Waals surface area contributed by atoms with E-state index in [0.717, 1.165) is 18.2 Å². The van der Waals surface area contributed by atoms with Crippen molar-refractivity contribution in [3.63, 3.8) is 0 Å². The molecular formula is C12H19ClN4. The Balaban J connectivity index is 1.94. The molecule has 0 saturated carbocycles. The number of piperidine rings is 1. The molecule has 1 fully saturated rings. The molecule has 1 unspecified atom stereocenters. The summed E-state index contributed by atoms with van der Waals surface area (Å²) in [5, 5.41) is 3.92. The van der Waals surface area contributed by atoms with Crippen LogP contribution in [0.2, 0.25) is 5.02 Å². The minimum atomic E-state index is 0.579. The smallest absolute Gasteiger partial charge is 0.148 e. The summed E-state index contributed by atoms with van der Waals surface area (Å²) in [6.45, 7) is 3.95. The molecule has 1 atom stereocenters. The molecule has 1 aliphatic heterocycles. The number of aromatic nitrogens is 2. The lowest BCUT2D eigenvalue weighted by atomic mass is 10.0. The number of likely N-dealkylation sites (tertiary alicyclic amines) is 1. The molecule has 0 aliphatic carbocycles. The number of nitrogens with zero attached hydrogens (tertiary/aromatic N) is 3. The molecule has 0 amide bonds. The number of rotatable bonds is 3. The number of anilines is 1. The van der Waals surface area contributed by atoms with Gasteiger partial charge in [-0.3, -0.25) is 0 Å². The molecule has 1 N–H and O–H groups in total. The van der Waals surface area contributed by atoms with Crippen LogP contribution in [-0.2, 0) is 0 Å². The molecule has 0 spiro atoms. The SMILES string of the molecule is Cc1ncc(Cl)c(NCC2CCCCN2C)n1. The second-order valence-electron chi connectivity index (χ2n) is 4.62. The van der Waals surface area contributed by atoms with Gasteiger partial charge in [-0.2, -0.15) is 0 Å². The standard InChI is InChI=1S/C12H19ClN4/c1-9-14-8-11(13)12(16-9)15-7-10-5-3-4-6-17(10)2/h8,10H,3-7H2,1-2H3,(H,14,15,16). The predicted molar refractivity (Wildman–Crippen MR) is 70.5 cm³/mol. The average molecular weight is 255 g/mol. The van der Waals surface area contributed by atoms with Crippen LogP contribution in [0.25, 0.3) is 0 Å². The van der Waals surface area contributed by atoms with Crippen LogP contribution < -0.4 is 5.32 Å². The molecule has 0 aromatic carbocycles. The van der Waals surface area contributed by atoms with E-state index in [1.54, 1.807) is 6.20 Å². The fourth-order valence-corrected chi connectivity index (χ4v) is 2.35. The van der Waals surface area contributed by atoms with Gasteiger partial charge < -0.3 is 10.2 Å². The van der Waals surface area contributed by atoms with Crippen LogP contribution in [0.4, 0.5) is 5.82 Å². The zero-order valence-electron chi connectivity index (χ0n) is 10.4. The Morgan fingerprint density at radius 3 is 3.12 bits per heavy atom. The topological polar surface area (TPSA) is 41.1 Å². The average Bonchev–Trinajstić information content (AvgIpc) is 2.32. The summed E-state index contributed by atoms with van der Waals surface area (Å²) in [4.78, 5) is 10.8. The fraction of sp³-hybridized carbons (Fsp3) is 0.667. The lowest BCUT2D eigenvalue weighted by Gasteiger charge is -2.32. The van der Waals surface area contributed by atoms with Crippen molar-refractivity contribution in [2.45, 2.75) is 32.2 Å². The molecule has 2 rings (SSSR count). The molecule has 4 nitrogen and oxygen atoms in total. The monoisotopic (exact) mass is 254 g/mol. The Hall–Kier alpha value is -0.870. The van der Waals surface area contributed by atoms with E-state index in [0.29, 0.717) is 11.1 Å². The largest absolute Gasteiger partial charge is 0.367 e. The molecular weight excluding hydrogens is 236 g/mol. The number of hydrogen-bond acceptors (Lipinski definition) is 4. The van der Waals surface area contributed by atoms with Gasteiger partial charge in [-0.05, 0) is 33.4 Å². The van der Waals surface area contributed by atoms with E-state index in [-0.39, 0.29) is 0 Å². The first-order valence-electron chi connectivity index (χ1n) is 6.10. The highest BCUT2D eigenvalue weighted by Gasteiger charge is 2.18. The van der Waals surface area contributed by atoms with Gasteiger partial charge in [-0.1, -0.05) is 18.0 Å². The highest BCUT2D eigenvalue weighted by molar-refractivity contribution is 6.32. The number of nitrogens with one attached hydrogen (secondary N) is 1. The predicted octanol–water partition coefficient (Wildman–Crippen LogP) is 2.33. The Morgan fingerprint density at radius 2 is 2.35 bits per heavy atom. The van der Waals surface area contributed by atoms with Crippen molar-refractivity contribution in [2.75, 3.05) is 25.5 Å². The van der Waals surface area contributed by atoms with E-state index in [1.165, 1.54) is 25.8 Å². The third kappa shape index (κ3) is 3.30. The molecule has 0 radical (unpaired) electrons. The second kappa shape index (κ2) is 5.65. The van der Waals surface area contributed by atoms with Gasteiger partial charge in [0, 0.05) is 12.6 Å². The first-order valence-corrected chi connectivity index (χ1v) is 6.48. The fourth-order valence-electron chi connectivity index (χ4n) is 2.20. The normalized spacial score (nSPS) is 21.5. The first-order chi connectivity index (χ1) is 8.16. The van der Waals surface area contributed by atoms with Gasteiger partial charge in [-0.25, -0.2) is 9.97 Å². The third-order valence-electron chi connectivity index (χ3n) is 3.29. The first kappa shape index (κ1) is 12.6. The molecule has 1 aromatic rings. The van der Waals surface area contributed by atoms with Crippen LogP contribution in [0.3, 0.4) is 0 Å². The van der Waals surface area contributed by atoms with Crippen molar-refractivity contribution >= 4 is 17.4 Å². The van der Waals surface area contributed by atoms with Gasteiger partial charge in [-0.15, -0.1) is 0 Å². The van der Waals surface area contributed by atoms with Gasteiger partial charge in [0.05, 0.1) is 6.20 Å². The van der Waals surface area contributed by atoms with E-state index in [1.807, 2.05) is 6.92 Å². The number of hydrogen-bond donors (Lipinski definition) is 1. The summed E-state index contributed by atoms with van der Waals surface area (Å²) in [6, 6.07) is 0.579. The van der Waals surface area contributed by atoms with Gasteiger partial charge in [0.1, 0.15) is 16.7 Å². The van der Waals surface area contributed by atoms with E-state index in [4.69, 9.17) is 11.6 Å². The lowest BCUT2D eigenvalue weighted by Crippen LogP contribution is -2.40. The van der Waals surface area contributed by atoms with E-state index < -0.39 is 0 Å². The van der Waals surface area contributed by atoms with Crippen LogP contribution in [0, 0.1) is 6.92 Å². The molecule has 1 aromatic heterocycles. The summed E-state index contributed by atoms with van der Waals surface area (Å²) < 4.78 is 0. The van der Waals surface area contributed by atoms with Gasteiger partial charge in [0.15, 0.2) is 0 Å².